The molecule has 0 aliphatic carbocycles. The number of hydroxylamine groups is 2. The Bertz CT molecular complexity index is 557. The molecule has 1 aromatic heterocycles. The first-order valence-corrected chi connectivity index (χ1v) is 6.96. The normalized spacial score (nSPS) is 10.4. The predicted molar refractivity (Wildman–Crippen MR) is 77.5 cm³/mol. The minimum atomic E-state index is -0.879. The number of nitrogens with two attached hydrogens (primary N) is 1. The molecule has 0 atom stereocenters. The third-order valence-corrected chi connectivity index (χ3v) is 3.77. The SMILES string of the molecule is NC(=O)N(O)CCOCc1ccc(-c2ccccc2)s1. The van der Waals surface area contributed by atoms with E-state index in [0.29, 0.717) is 11.7 Å². The highest BCUT2D eigenvalue weighted by Crippen LogP contribution is 2.28. The Labute approximate surface area is 121 Å². The molecule has 2 aromatic rings. The fourth-order valence-corrected chi connectivity index (χ4v) is 2.60. The molecule has 6 heteroatoms. The molecule has 0 bridgehead atoms. The molecule has 1 heterocycles. The number of carbonyl (C=O) groups excluding carboxylic acids is 1. The first-order chi connectivity index (χ1) is 9.66. The molecule has 5 nitrogen and oxygen atoms in total. The van der Waals surface area contributed by atoms with Crippen LogP contribution >= 0.6 is 11.3 Å². The van der Waals surface area contributed by atoms with Gasteiger partial charge < -0.3 is 10.5 Å². The maximum atomic E-state index is 10.6. The van der Waals surface area contributed by atoms with Crippen LogP contribution < -0.4 is 5.73 Å². The van der Waals surface area contributed by atoms with Crippen LogP contribution in [0.2, 0.25) is 0 Å². The van der Waals surface area contributed by atoms with Crippen molar-refractivity contribution in [1.82, 2.24) is 5.06 Å². The highest BCUT2D eigenvalue weighted by atomic mass is 32.1. The van der Waals surface area contributed by atoms with E-state index in [-0.39, 0.29) is 13.2 Å². The van der Waals surface area contributed by atoms with E-state index in [4.69, 9.17) is 15.7 Å². The summed E-state index contributed by atoms with van der Waals surface area (Å²) in [6.07, 6.45) is 0. The fourth-order valence-electron chi connectivity index (χ4n) is 1.65. The van der Waals surface area contributed by atoms with Crippen molar-refractivity contribution in [3.8, 4) is 10.4 Å². The summed E-state index contributed by atoms with van der Waals surface area (Å²) in [4.78, 5) is 12.8. The highest BCUT2D eigenvalue weighted by molar-refractivity contribution is 7.15. The van der Waals surface area contributed by atoms with E-state index >= 15 is 0 Å². The second-order valence-corrected chi connectivity index (χ2v) is 5.31. The Balaban J connectivity index is 1.81. The van der Waals surface area contributed by atoms with Crippen molar-refractivity contribution in [2.24, 2.45) is 5.73 Å². The number of urea groups is 1. The van der Waals surface area contributed by atoms with Crippen LogP contribution in [0.25, 0.3) is 10.4 Å². The average Bonchev–Trinajstić information content (AvgIpc) is 2.93. The lowest BCUT2D eigenvalue weighted by Crippen LogP contribution is -2.35. The lowest BCUT2D eigenvalue weighted by atomic mass is 10.2. The van der Waals surface area contributed by atoms with Gasteiger partial charge in [-0.15, -0.1) is 11.3 Å². The highest BCUT2D eigenvalue weighted by Gasteiger charge is 2.06. The molecule has 0 saturated carbocycles. The molecular formula is C14H16N2O3S. The Morgan fingerprint density at radius 1 is 1.25 bits per heavy atom. The largest absolute Gasteiger partial charge is 0.374 e. The van der Waals surface area contributed by atoms with Gasteiger partial charge in [-0.2, -0.15) is 0 Å². The van der Waals surface area contributed by atoms with Gasteiger partial charge in [0.15, 0.2) is 0 Å². The van der Waals surface area contributed by atoms with E-state index in [1.807, 2.05) is 24.3 Å². The van der Waals surface area contributed by atoms with Crippen LogP contribution in [0.5, 0.6) is 0 Å². The second-order valence-electron chi connectivity index (χ2n) is 4.15. The third kappa shape index (κ3) is 4.06. The monoisotopic (exact) mass is 292 g/mol. The molecule has 0 spiro atoms. The number of hydrogen-bond acceptors (Lipinski definition) is 4. The van der Waals surface area contributed by atoms with E-state index in [1.54, 1.807) is 11.3 Å². The molecule has 1 aromatic carbocycles. The maximum absolute atomic E-state index is 10.6. The standard InChI is InChI=1S/C14H16N2O3S/c15-14(17)16(18)8-9-19-10-12-6-7-13(20-12)11-4-2-1-3-5-11/h1-7,18H,8-10H2,(H2,15,17). The van der Waals surface area contributed by atoms with Crippen molar-refractivity contribution in [3.05, 3.63) is 47.3 Å². The Morgan fingerprint density at radius 2 is 2.00 bits per heavy atom. The average molecular weight is 292 g/mol. The molecular weight excluding hydrogens is 276 g/mol. The summed E-state index contributed by atoms with van der Waals surface area (Å²) in [5.74, 6) is 0. The molecule has 0 saturated heterocycles. The molecule has 2 amide bonds. The van der Waals surface area contributed by atoms with Crippen molar-refractivity contribution in [2.45, 2.75) is 6.61 Å². The minimum absolute atomic E-state index is 0.0618. The first kappa shape index (κ1) is 14.5. The number of nitrogens with zero attached hydrogens (tertiary/aromatic N) is 1. The van der Waals surface area contributed by atoms with Gasteiger partial charge in [0.05, 0.1) is 19.8 Å². The predicted octanol–water partition coefficient (Wildman–Crippen LogP) is 2.70. The van der Waals surface area contributed by atoms with Gasteiger partial charge in [0.1, 0.15) is 0 Å². The molecule has 0 unspecified atom stereocenters. The van der Waals surface area contributed by atoms with Gasteiger partial charge in [-0.25, -0.2) is 9.86 Å². The second kappa shape index (κ2) is 7.04. The van der Waals surface area contributed by atoms with Gasteiger partial charge in [0, 0.05) is 9.75 Å². The van der Waals surface area contributed by atoms with Crippen LogP contribution in [0.4, 0.5) is 4.79 Å². The summed E-state index contributed by atoms with van der Waals surface area (Å²) in [5.41, 5.74) is 6.06. The van der Waals surface area contributed by atoms with Crippen LogP contribution in [0.15, 0.2) is 42.5 Å². The van der Waals surface area contributed by atoms with E-state index in [2.05, 4.69) is 18.2 Å². The fraction of sp³-hybridized carbons (Fsp3) is 0.214. The minimum Gasteiger partial charge on any atom is -0.374 e. The molecule has 106 valence electrons. The Hall–Kier alpha value is -1.89. The number of primary amides is 1. The molecule has 3 N–H and O–H groups in total. The summed E-state index contributed by atoms with van der Waals surface area (Å²) in [6, 6.07) is 13.3. The number of thiophene rings is 1. The van der Waals surface area contributed by atoms with Gasteiger partial charge in [-0.3, -0.25) is 5.21 Å². The van der Waals surface area contributed by atoms with Crippen LogP contribution in [0, 0.1) is 0 Å². The van der Waals surface area contributed by atoms with Crippen LogP contribution in [-0.2, 0) is 11.3 Å². The maximum Gasteiger partial charge on any atom is 0.338 e. The summed E-state index contributed by atoms with van der Waals surface area (Å²) < 4.78 is 5.39. The van der Waals surface area contributed by atoms with Gasteiger partial charge in [-0.05, 0) is 17.7 Å². The van der Waals surface area contributed by atoms with Crippen LogP contribution in [0.3, 0.4) is 0 Å². The number of carbonyl (C=O) groups is 1. The quantitative estimate of drug-likeness (QED) is 0.488. The zero-order valence-corrected chi connectivity index (χ0v) is 11.7. The van der Waals surface area contributed by atoms with Gasteiger partial charge >= 0.3 is 6.03 Å². The van der Waals surface area contributed by atoms with E-state index in [1.165, 1.54) is 10.4 Å². The van der Waals surface area contributed by atoms with Crippen LogP contribution in [0.1, 0.15) is 4.88 Å². The smallest absolute Gasteiger partial charge is 0.338 e. The molecule has 0 radical (unpaired) electrons. The lowest BCUT2D eigenvalue weighted by molar-refractivity contribution is -0.0578. The van der Waals surface area contributed by atoms with Crippen molar-refractivity contribution in [3.63, 3.8) is 0 Å². The van der Waals surface area contributed by atoms with Crippen molar-refractivity contribution < 1.29 is 14.7 Å². The zero-order valence-electron chi connectivity index (χ0n) is 10.9. The topological polar surface area (TPSA) is 75.8 Å². The third-order valence-electron chi connectivity index (χ3n) is 2.67. The summed E-state index contributed by atoms with van der Waals surface area (Å²) in [5, 5.41) is 9.49. The van der Waals surface area contributed by atoms with Crippen molar-refractivity contribution >= 4 is 17.4 Å². The van der Waals surface area contributed by atoms with Crippen molar-refractivity contribution in [1.29, 1.82) is 0 Å². The summed E-state index contributed by atoms with van der Waals surface area (Å²) >= 11 is 1.66. The number of amides is 2. The lowest BCUT2D eigenvalue weighted by Gasteiger charge is -2.11. The molecule has 20 heavy (non-hydrogen) atoms. The molecule has 0 fully saturated rings. The zero-order chi connectivity index (χ0) is 14.4. The van der Waals surface area contributed by atoms with Crippen LogP contribution in [-0.4, -0.2) is 29.5 Å². The Morgan fingerprint density at radius 3 is 2.70 bits per heavy atom. The number of ether oxygens (including phenoxy) is 1. The van der Waals surface area contributed by atoms with E-state index in [9.17, 15) is 4.79 Å². The van der Waals surface area contributed by atoms with Gasteiger partial charge in [0.25, 0.3) is 0 Å². The molecule has 2 rings (SSSR count). The van der Waals surface area contributed by atoms with E-state index < -0.39 is 6.03 Å². The number of benzene rings is 1. The number of rotatable bonds is 6. The summed E-state index contributed by atoms with van der Waals surface area (Å²) in [6.45, 7) is 0.744. The van der Waals surface area contributed by atoms with Gasteiger partial charge in [-0.1, -0.05) is 30.3 Å². The molecule has 0 aliphatic heterocycles. The van der Waals surface area contributed by atoms with Gasteiger partial charge in [0.2, 0.25) is 0 Å². The molecule has 0 aliphatic rings. The first-order valence-electron chi connectivity index (χ1n) is 6.14. The summed E-state index contributed by atoms with van der Waals surface area (Å²) in [7, 11) is 0. The van der Waals surface area contributed by atoms with E-state index in [0.717, 1.165) is 4.88 Å². The number of hydrogen-bond donors (Lipinski definition) is 2. The van der Waals surface area contributed by atoms with Crippen molar-refractivity contribution in [2.75, 3.05) is 13.2 Å². The Kier molecular flexibility index (Phi) is 5.11.